The molecule has 2 rings (SSSR count). The van der Waals surface area contributed by atoms with E-state index < -0.39 is 0 Å². The summed E-state index contributed by atoms with van der Waals surface area (Å²) in [5, 5.41) is 0. The van der Waals surface area contributed by atoms with Gasteiger partial charge in [-0.1, -0.05) is 0 Å². The molecule has 124 valence electrons. The molecular weight excluding hydrogens is 280 g/mol. The molecule has 0 bridgehead atoms. The Labute approximate surface area is 133 Å². The molecule has 1 saturated heterocycles. The second kappa shape index (κ2) is 8.29. The van der Waals surface area contributed by atoms with Crippen LogP contribution in [0.3, 0.4) is 0 Å². The summed E-state index contributed by atoms with van der Waals surface area (Å²) in [6, 6.07) is 0. The quantitative estimate of drug-likeness (QED) is 0.759. The molecule has 1 aliphatic rings. The summed E-state index contributed by atoms with van der Waals surface area (Å²) in [7, 11) is 4.15. The minimum atomic E-state index is 0.0953. The minimum absolute atomic E-state index is 0.0953. The number of likely N-dealkylation sites (tertiary alicyclic amines) is 1. The number of piperidine rings is 1. The zero-order chi connectivity index (χ0) is 15.9. The summed E-state index contributed by atoms with van der Waals surface area (Å²) in [5.41, 5.74) is 0. The van der Waals surface area contributed by atoms with Gasteiger partial charge < -0.3 is 19.1 Å². The highest BCUT2D eigenvalue weighted by atomic mass is 16.5. The largest absolute Gasteiger partial charge is 0.372 e. The predicted octanol–water partition coefficient (Wildman–Crippen LogP) is 1.19. The van der Waals surface area contributed by atoms with E-state index >= 15 is 0 Å². The number of hydrogen-bond donors (Lipinski definition) is 0. The maximum Gasteiger partial charge on any atom is 0.248 e. The summed E-state index contributed by atoms with van der Waals surface area (Å²) in [5.74, 6) is 1.53. The highest BCUT2D eigenvalue weighted by Gasteiger charge is 2.27. The number of imidazole rings is 1. The summed E-state index contributed by atoms with van der Waals surface area (Å²) >= 11 is 0. The van der Waals surface area contributed by atoms with E-state index in [1.54, 1.807) is 0 Å². The molecule has 1 aromatic rings. The van der Waals surface area contributed by atoms with Gasteiger partial charge in [0, 0.05) is 51.1 Å². The molecule has 6 nitrogen and oxygen atoms in total. The summed E-state index contributed by atoms with van der Waals surface area (Å²) < 4.78 is 7.47. The monoisotopic (exact) mass is 308 g/mol. The number of ether oxygens (including phenoxy) is 1. The van der Waals surface area contributed by atoms with Gasteiger partial charge in [0.1, 0.15) is 12.4 Å². The average molecular weight is 308 g/mol. The molecule has 0 spiro atoms. The minimum Gasteiger partial charge on any atom is -0.372 e. The third-order valence-corrected chi connectivity index (χ3v) is 4.10. The van der Waals surface area contributed by atoms with E-state index in [1.165, 1.54) is 0 Å². The number of aromatic nitrogens is 2. The molecule has 0 aromatic carbocycles. The Balaban J connectivity index is 1.97. The van der Waals surface area contributed by atoms with E-state index in [4.69, 9.17) is 4.74 Å². The molecule has 0 aliphatic carbocycles. The predicted molar refractivity (Wildman–Crippen MR) is 85.8 cm³/mol. The molecule has 1 amide bonds. The molecule has 1 fully saturated rings. The molecule has 0 radical (unpaired) electrons. The third-order valence-electron chi connectivity index (χ3n) is 4.10. The lowest BCUT2D eigenvalue weighted by molar-refractivity contribution is -0.137. The molecule has 22 heavy (non-hydrogen) atoms. The van der Waals surface area contributed by atoms with Crippen molar-refractivity contribution in [1.82, 2.24) is 19.4 Å². The number of rotatable bonds is 7. The molecule has 0 saturated carbocycles. The van der Waals surface area contributed by atoms with Gasteiger partial charge in [0.2, 0.25) is 5.91 Å². The zero-order valence-electron chi connectivity index (χ0n) is 14.0. The van der Waals surface area contributed by atoms with Gasteiger partial charge in [-0.15, -0.1) is 0 Å². The van der Waals surface area contributed by atoms with Crippen LogP contribution in [0.2, 0.25) is 0 Å². The van der Waals surface area contributed by atoms with Crippen molar-refractivity contribution in [2.75, 3.05) is 46.9 Å². The van der Waals surface area contributed by atoms with E-state index in [0.29, 0.717) is 12.5 Å². The van der Waals surface area contributed by atoms with Crippen molar-refractivity contribution in [3.63, 3.8) is 0 Å². The average Bonchev–Trinajstić information content (AvgIpc) is 2.99. The SMILES string of the molecule is CCOCC(=O)N1CCC[C@H](c2nccn2CCN(C)C)C1. The van der Waals surface area contributed by atoms with Crippen molar-refractivity contribution >= 4 is 5.91 Å². The van der Waals surface area contributed by atoms with Gasteiger partial charge in [-0.25, -0.2) is 4.98 Å². The Bertz CT molecular complexity index is 472. The molecule has 0 unspecified atom stereocenters. The van der Waals surface area contributed by atoms with Gasteiger partial charge in [-0.05, 0) is 33.9 Å². The first kappa shape index (κ1) is 17.0. The normalized spacial score (nSPS) is 18.9. The maximum absolute atomic E-state index is 12.1. The van der Waals surface area contributed by atoms with Crippen LogP contribution in [-0.4, -0.2) is 72.2 Å². The Morgan fingerprint density at radius 3 is 3.05 bits per heavy atom. The Morgan fingerprint density at radius 2 is 2.32 bits per heavy atom. The lowest BCUT2D eigenvalue weighted by Gasteiger charge is -2.32. The van der Waals surface area contributed by atoms with Crippen LogP contribution in [0.15, 0.2) is 12.4 Å². The van der Waals surface area contributed by atoms with E-state index in [-0.39, 0.29) is 12.5 Å². The van der Waals surface area contributed by atoms with Crippen molar-refractivity contribution < 1.29 is 9.53 Å². The Kier molecular flexibility index (Phi) is 6.39. The Hall–Kier alpha value is -1.40. The first-order chi connectivity index (χ1) is 10.6. The van der Waals surface area contributed by atoms with Crippen LogP contribution in [0.4, 0.5) is 0 Å². The smallest absolute Gasteiger partial charge is 0.248 e. The van der Waals surface area contributed by atoms with Crippen LogP contribution in [0.5, 0.6) is 0 Å². The molecule has 6 heteroatoms. The fourth-order valence-electron chi connectivity index (χ4n) is 2.87. The van der Waals surface area contributed by atoms with Gasteiger partial charge in [0.15, 0.2) is 0 Å². The van der Waals surface area contributed by atoms with Crippen LogP contribution in [0.25, 0.3) is 0 Å². The lowest BCUT2D eigenvalue weighted by atomic mass is 9.97. The maximum atomic E-state index is 12.1. The number of nitrogens with zero attached hydrogens (tertiary/aromatic N) is 4. The number of hydrogen-bond acceptors (Lipinski definition) is 4. The summed E-state index contributed by atoms with van der Waals surface area (Å²) in [4.78, 5) is 20.8. The van der Waals surface area contributed by atoms with E-state index in [9.17, 15) is 4.79 Å². The van der Waals surface area contributed by atoms with E-state index in [2.05, 4.69) is 28.5 Å². The van der Waals surface area contributed by atoms with Gasteiger partial charge in [-0.3, -0.25) is 4.79 Å². The molecule has 0 N–H and O–H groups in total. The van der Waals surface area contributed by atoms with Gasteiger partial charge in [0.05, 0.1) is 0 Å². The van der Waals surface area contributed by atoms with Gasteiger partial charge in [-0.2, -0.15) is 0 Å². The first-order valence-electron chi connectivity index (χ1n) is 8.13. The molecule has 1 atom stereocenters. The molecular formula is C16H28N4O2. The standard InChI is InChI=1S/C16H28N4O2/c1-4-22-13-15(21)20-8-5-6-14(12-20)16-17-7-9-19(16)11-10-18(2)3/h7,9,14H,4-6,8,10-13H2,1-3H3/t14-/m0/s1. The van der Waals surface area contributed by atoms with Crippen LogP contribution >= 0.6 is 0 Å². The van der Waals surface area contributed by atoms with Crippen molar-refractivity contribution in [2.45, 2.75) is 32.2 Å². The highest BCUT2D eigenvalue weighted by Crippen LogP contribution is 2.25. The van der Waals surface area contributed by atoms with Crippen molar-refractivity contribution in [2.24, 2.45) is 0 Å². The zero-order valence-corrected chi connectivity index (χ0v) is 14.0. The van der Waals surface area contributed by atoms with Gasteiger partial charge >= 0.3 is 0 Å². The van der Waals surface area contributed by atoms with Gasteiger partial charge in [0.25, 0.3) is 0 Å². The van der Waals surface area contributed by atoms with Crippen LogP contribution in [0.1, 0.15) is 31.5 Å². The lowest BCUT2D eigenvalue weighted by Crippen LogP contribution is -2.41. The fraction of sp³-hybridized carbons (Fsp3) is 0.750. The fourth-order valence-corrected chi connectivity index (χ4v) is 2.87. The van der Waals surface area contributed by atoms with Crippen molar-refractivity contribution in [3.8, 4) is 0 Å². The summed E-state index contributed by atoms with van der Waals surface area (Å²) in [6.45, 7) is 6.20. The Morgan fingerprint density at radius 1 is 1.50 bits per heavy atom. The summed E-state index contributed by atoms with van der Waals surface area (Å²) in [6.07, 6.45) is 6.03. The van der Waals surface area contributed by atoms with E-state index in [1.807, 2.05) is 24.2 Å². The van der Waals surface area contributed by atoms with Crippen molar-refractivity contribution in [3.05, 3.63) is 18.2 Å². The number of carbonyl (C=O) groups is 1. The van der Waals surface area contributed by atoms with Crippen molar-refractivity contribution in [1.29, 1.82) is 0 Å². The second-order valence-corrected chi connectivity index (χ2v) is 6.10. The molecule has 1 aromatic heterocycles. The topological polar surface area (TPSA) is 50.6 Å². The van der Waals surface area contributed by atoms with E-state index in [0.717, 1.165) is 44.8 Å². The van der Waals surface area contributed by atoms with Crippen LogP contribution in [-0.2, 0) is 16.1 Å². The molecule has 1 aliphatic heterocycles. The second-order valence-electron chi connectivity index (χ2n) is 6.10. The molecule has 2 heterocycles. The number of amides is 1. The third kappa shape index (κ3) is 4.55. The highest BCUT2D eigenvalue weighted by molar-refractivity contribution is 5.77. The first-order valence-corrected chi connectivity index (χ1v) is 8.13. The van der Waals surface area contributed by atoms with Crippen LogP contribution < -0.4 is 0 Å². The van der Waals surface area contributed by atoms with Crippen LogP contribution in [0, 0.1) is 0 Å². The number of likely N-dealkylation sites (N-methyl/N-ethyl adjacent to an activating group) is 1. The number of carbonyl (C=O) groups excluding carboxylic acids is 1.